The number of furan rings is 1. The van der Waals surface area contributed by atoms with Crippen molar-refractivity contribution in [1.82, 2.24) is 9.62 Å². The molecule has 1 aliphatic heterocycles. The average molecular weight is 348 g/mol. The number of carbonyl (C=O) groups excluding carboxylic acids is 1. The highest BCUT2D eigenvalue weighted by atomic mass is 32.2. The van der Waals surface area contributed by atoms with Gasteiger partial charge in [0.1, 0.15) is 0 Å². The molecule has 24 heavy (non-hydrogen) atoms. The Bertz CT molecular complexity index is 798. The third-order valence-electron chi connectivity index (χ3n) is 4.19. The Labute approximate surface area is 141 Å². The molecule has 1 atom stereocenters. The molecule has 1 saturated heterocycles. The van der Waals surface area contributed by atoms with Gasteiger partial charge in [0.25, 0.3) is 5.91 Å². The minimum absolute atomic E-state index is 0.223. The molecular formula is C17H20N2O4S. The Morgan fingerprint density at radius 1 is 1.29 bits per heavy atom. The van der Waals surface area contributed by atoms with Gasteiger partial charge in [-0.2, -0.15) is 4.31 Å². The first-order valence-electron chi connectivity index (χ1n) is 7.89. The average Bonchev–Trinajstić information content (AvgIpc) is 3.24. The largest absolute Gasteiger partial charge is 0.459 e. The maximum Gasteiger partial charge on any atom is 0.287 e. The molecule has 3 rings (SSSR count). The maximum absolute atomic E-state index is 12.8. The summed E-state index contributed by atoms with van der Waals surface area (Å²) in [6, 6.07) is 9.80. The van der Waals surface area contributed by atoms with Gasteiger partial charge in [-0.3, -0.25) is 4.79 Å². The van der Waals surface area contributed by atoms with Crippen LogP contribution in [0.15, 0.2) is 52.0 Å². The smallest absolute Gasteiger partial charge is 0.287 e. The lowest BCUT2D eigenvalue weighted by Crippen LogP contribution is -2.43. The quantitative estimate of drug-likeness (QED) is 0.898. The van der Waals surface area contributed by atoms with Crippen molar-refractivity contribution in [2.75, 3.05) is 13.1 Å². The molecule has 1 N–H and O–H groups in total. The molecule has 6 nitrogen and oxygen atoms in total. The number of sulfonamides is 1. The van der Waals surface area contributed by atoms with E-state index in [9.17, 15) is 13.2 Å². The highest BCUT2D eigenvalue weighted by Gasteiger charge is 2.35. The van der Waals surface area contributed by atoms with Crippen molar-refractivity contribution in [2.45, 2.75) is 30.7 Å². The number of hydrogen-bond acceptors (Lipinski definition) is 4. The van der Waals surface area contributed by atoms with E-state index in [1.807, 2.05) is 6.92 Å². The van der Waals surface area contributed by atoms with Gasteiger partial charge in [-0.25, -0.2) is 8.42 Å². The van der Waals surface area contributed by atoms with Gasteiger partial charge >= 0.3 is 0 Å². The predicted molar refractivity (Wildman–Crippen MR) is 89.1 cm³/mol. The van der Waals surface area contributed by atoms with Crippen molar-refractivity contribution in [3.8, 4) is 0 Å². The van der Waals surface area contributed by atoms with E-state index in [4.69, 9.17) is 4.42 Å². The molecule has 1 fully saturated rings. The van der Waals surface area contributed by atoms with Crippen LogP contribution < -0.4 is 5.32 Å². The van der Waals surface area contributed by atoms with Gasteiger partial charge in [0.2, 0.25) is 10.0 Å². The van der Waals surface area contributed by atoms with Crippen LogP contribution in [-0.4, -0.2) is 37.8 Å². The summed E-state index contributed by atoms with van der Waals surface area (Å²) in [5, 5.41) is 2.75. The molecule has 0 aliphatic carbocycles. The molecule has 0 radical (unpaired) electrons. The predicted octanol–water partition coefficient (Wildman–Crippen LogP) is 2.17. The lowest BCUT2D eigenvalue weighted by molar-refractivity contribution is 0.0919. The summed E-state index contributed by atoms with van der Waals surface area (Å²) >= 11 is 0. The fourth-order valence-electron chi connectivity index (χ4n) is 2.88. The topological polar surface area (TPSA) is 79.6 Å². The van der Waals surface area contributed by atoms with Crippen LogP contribution in [0.25, 0.3) is 0 Å². The number of carbonyl (C=O) groups is 1. The van der Waals surface area contributed by atoms with E-state index in [0.29, 0.717) is 6.54 Å². The number of rotatable bonds is 5. The summed E-state index contributed by atoms with van der Waals surface area (Å²) in [4.78, 5) is 12.2. The molecule has 2 aromatic rings. The minimum atomic E-state index is -3.55. The van der Waals surface area contributed by atoms with Gasteiger partial charge in [0, 0.05) is 19.1 Å². The number of nitrogens with zero attached hydrogens (tertiary/aromatic N) is 1. The molecule has 0 bridgehead atoms. The Kier molecular flexibility index (Phi) is 4.73. The van der Waals surface area contributed by atoms with Gasteiger partial charge in [-0.05, 0) is 44.0 Å². The van der Waals surface area contributed by atoms with Crippen molar-refractivity contribution in [2.24, 2.45) is 0 Å². The van der Waals surface area contributed by atoms with E-state index in [-0.39, 0.29) is 29.1 Å². The molecule has 0 spiro atoms. The molecule has 0 saturated carbocycles. The van der Waals surface area contributed by atoms with Crippen LogP contribution in [0.2, 0.25) is 0 Å². The van der Waals surface area contributed by atoms with Crippen molar-refractivity contribution in [3.63, 3.8) is 0 Å². The first kappa shape index (κ1) is 16.7. The van der Waals surface area contributed by atoms with Crippen LogP contribution in [0.3, 0.4) is 0 Å². The number of hydrogen-bond donors (Lipinski definition) is 1. The summed E-state index contributed by atoms with van der Waals surface area (Å²) in [6.07, 6.45) is 2.94. The van der Waals surface area contributed by atoms with Crippen LogP contribution in [-0.2, 0) is 10.0 Å². The number of nitrogens with one attached hydrogen (secondary N) is 1. The zero-order valence-corrected chi connectivity index (χ0v) is 14.3. The lowest BCUT2D eigenvalue weighted by atomic mass is 10.2. The molecule has 1 aromatic heterocycles. The molecule has 2 heterocycles. The van der Waals surface area contributed by atoms with Crippen LogP contribution in [0.1, 0.15) is 29.0 Å². The standard InChI is InChI=1S/C17H20N2O4S/c1-13-6-8-15(9-7-13)24(21,22)19-10-2-4-14(19)12-18-17(20)16-5-3-11-23-16/h3,5-9,11,14H,2,4,10,12H2,1H3,(H,18,20). The highest BCUT2D eigenvalue weighted by Crippen LogP contribution is 2.26. The van der Waals surface area contributed by atoms with Crippen LogP contribution in [0, 0.1) is 6.92 Å². The summed E-state index contributed by atoms with van der Waals surface area (Å²) in [7, 11) is -3.55. The zero-order valence-electron chi connectivity index (χ0n) is 13.4. The number of aryl methyl sites for hydroxylation is 1. The molecule has 1 aromatic carbocycles. The molecule has 7 heteroatoms. The molecule has 1 unspecified atom stereocenters. The maximum atomic E-state index is 12.8. The second-order valence-electron chi connectivity index (χ2n) is 5.91. The molecule has 128 valence electrons. The van der Waals surface area contributed by atoms with E-state index in [0.717, 1.165) is 18.4 Å². The SMILES string of the molecule is Cc1ccc(S(=O)(=O)N2CCCC2CNC(=O)c2ccco2)cc1. The van der Waals surface area contributed by atoms with Crippen molar-refractivity contribution in [1.29, 1.82) is 0 Å². The van der Waals surface area contributed by atoms with E-state index < -0.39 is 10.0 Å². The molecule has 1 aliphatic rings. The Morgan fingerprint density at radius 2 is 2.04 bits per heavy atom. The van der Waals surface area contributed by atoms with E-state index in [1.54, 1.807) is 36.4 Å². The molecular weight excluding hydrogens is 328 g/mol. The monoisotopic (exact) mass is 348 g/mol. The second kappa shape index (κ2) is 6.78. The van der Waals surface area contributed by atoms with Gasteiger partial charge in [0.15, 0.2) is 5.76 Å². The third kappa shape index (κ3) is 3.37. The summed E-state index contributed by atoms with van der Waals surface area (Å²) in [5.41, 5.74) is 1.01. The van der Waals surface area contributed by atoms with Crippen LogP contribution in [0.5, 0.6) is 0 Å². The second-order valence-corrected chi connectivity index (χ2v) is 7.80. The van der Waals surface area contributed by atoms with E-state index in [1.165, 1.54) is 10.6 Å². The van der Waals surface area contributed by atoms with Crippen molar-refractivity contribution in [3.05, 3.63) is 54.0 Å². The summed E-state index contributed by atoms with van der Waals surface area (Å²) in [5.74, 6) is -0.111. The van der Waals surface area contributed by atoms with Gasteiger partial charge < -0.3 is 9.73 Å². The van der Waals surface area contributed by atoms with Gasteiger partial charge in [0.05, 0.1) is 11.2 Å². The first-order valence-corrected chi connectivity index (χ1v) is 9.33. The van der Waals surface area contributed by atoms with Crippen LogP contribution in [0.4, 0.5) is 0 Å². The van der Waals surface area contributed by atoms with Gasteiger partial charge in [-0.15, -0.1) is 0 Å². The fraction of sp³-hybridized carbons (Fsp3) is 0.353. The van der Waals surface area contributed by atoms with Crippen molar-refractivity contribution < 1.29 is 17.6 Å². The van der Waals surface area contributed by atoms with Crippen LogP contribution >= 0.6 is 0 Å². The summed E-state index contributed by atoms with van der Waals surface area (Å²) in [6.45, 7) is 2.65. The minimum Gasteiger partial charge on any atom is -0.459 e. The molecule has 1 amide bonds. The zero-order chi connectivity index (χ0) is 17.2. The Hall–Kier alpha value is -2.12. The highest BCUT2D eigenvalue weighted by molar-refractivity contribution is 7.89. The summed E-state index contributed by atoms with van der Waals surface area (Å²) < 4.78 is 32.2. The first-order chi connectivity index (χ1) is 11.5. The number of benzene rings is 1. The van der Waals surface area contributed by atoms with E-state index >= 15 is 0 Å². The van der Waals surface area contributed by atoms with Gasteiger partial charge in [-0.1, -0.05) is 17.7 Å². The van der Waals surface area contributed by atoms with E-state index in [2.05, 4.69) is 5.32 Å². The third-order valence-corrected chi connectivity index (χ3v) is 6.16. The lowest BCUT2D eigenvalue weighted by Gasteiger charge is -2.24. The Morgan fingerprint density at radius 3 is 2.71 bits per heavy atom. The Balaban J connectivity index is 1.70. The normalized spacial score (nSPS) is 18.6. The fourth-order valence-corrected chi connectivity index (χ4v) is 4.57. The number of amides is 1. The van der Waals surface area contributed by atoms with Crippen molar-refractivity contribution >= 4 is 15.9 Å².